The predicted octanol–water partition coefficient (Wildman–Crippen LogP) is 4.12. The van der Waals surface area contributed by atoms with Crippen molar-refractivity contribution in [2.45, 2.75) is 77.7 Å². The van der Waals surface area contributed by atoms with Crippen molar-refractivity contribution in [1.29, 1.82) is 0 Å². The van der Waals surface area contributed by atoms with Crippen LogP contribution in [0.15, 0.2) is 0 Å². The molecule has 1 heterocycles. The van der Waals surface area contributed by atoms with Gasteiger partial charge in [0.25, 0.3) is 0 Å². The largest absolute Gasteiger partial charge is 0.375 e. The Morgan fingerprint density at radius 2 is 1.94 bits per heavy atom. The van der Waals surface area contributed by atoms with Crippen molar-refractivity contribution in [2.24, 2.45) is 11.3 Å². The molecule has 1 atom stereocenters. The molecule has 0 aromatic carbocycles. The van der Waals surface area contributed by atoms with E-state index >= 15 is 0 Å². The van der Waals surface area contributed by atoms with Crippen LogP contribution in [0, 0.1) is 11.3 Å². The van der Waals surface area contributed by atoms with Crippen molar-refractivity contribution in [3.8, 4) is 0 Å². The highest BCUT2D eigenvalue weighted by atomic mass is 16.5. The molecule has 0 bridgehead atoms. The van der Waals surface area contributed by atoms with Crippen LogP contribution in [0.2, 0.25) is 0 Å². The Bertz CT molecular complexity index is 295. The average molecular weight is 252 g/mol. The van der Waals surface area contributed by atoms with E-state index in [-0.39, 0.29) is 11.0 Å². The van der Waals surface area contributed by atoms with Gasteiger partial charge in [-0.15, -0.1) is 0 Å². The first-order valence-corrected chi connectivity index (χ1v) is 7.59. The summed E-state index contributed by atoms with van der Waals surface area (Å²) in [5.41, 5.74) is 0.0317. The van der Waals surface area contributed by atoms with E-state index in [2.05, 4.69) is 0 Å². The lowest BCUT2D eigenvalue weighted by Gasteiger charge is -2.38. The third-order valence-corrected chi connectivity index (χ3v) is 4.73. The van der Waals surface area contributed by atoms with Crippen molar-refractivity contribution >= 4 is 5.78 Å². The lowest BCUT2D eigenvalue weighted by atomic mass is 9.80. The molecule has 1 saturated heterocycles. The van der Waals surface area contributed by atoms with Crippen molar-refractivity contribution in [3.05, 3.63) is 0 Å². The first-order valence-electron chi connectivity index (χ1n) is 7.59. The molecular formula is C16H28O2. The number of carbonyl (C=O) groups is 1. The molecule has 2 nitrogen and oxygen atoms in total. The summed E-state index contributed by atoms with van der Waals surface area (Å²) >= 11 is 0. The van der Waals surface area contributed by atoms with Crippen molar-refractivity contribution in [1.82, 2.24) is 0 Å². The monoisotopic (exact) mass is 252 g/mol. The van der Waals surface area contributed by atoms with Gasteiger partial charge in [0.2, 0.25) is 0 Å². The minimum Gasteiger partial charge on any atom is -0.375 e. The summed E-state index contributed by atoms with van der Waals surface area (Å²) in [5.74, 6) is 1.12. The Labute approximate surface area is 111 Å². The summed E-state index contributed by atoms with van der Waals surface area (Å²) in [7, 11) is 0. The van der Waals surface area contributed by atoms with E-state index < -0.39 is 0 Å². The topological polar surface area (TPSA) is 26.3 Å². The van der Waals surface area contributed by atoms with Gasteiger partial charge in [-0.05, 0) is 38.0 Å². The van der Waals surface area contributed by atoms with Crippen LogP contribution in [0.1, 0.15) is 72.1 Å². The summed E-state index contributed by atoms with van der Waals surface area (Å²) in [5, 5.41) is 0. The summed E-state index contributed by atoms with van der Waals surface area (Å²) in [4.78, 5) is 12.0. The van der Waals surface area contributed by atoms with Gasteiger partial charge in [0.05, 0.1) is 5.60 Å². The fourth-order valence-electron chi connectivity index (χ4n) is 3.45. The number of hydrogen-bond acceptors (Lipinski definition) is 2. The first kappa shape index (κ1) is 14.0. The fourth-order valence-corrected chi connectivity index (χ4v) is 3.45. The third-order valence-electron chi connectivity index (χ3n) is 4.73. The highest BCUT2D eigenvalue weighted by Gasteiger charge is 2.39. The number of ketones is 1. The van der Waals surface area contributed by atoms with Crippen LogP contribution in [0.25, 0.3) is 0 Å². The third kappa shape index (κ3) is 3.34. The second-order valence-corrected chi connectivity index (χ2v) is 7.31. The zero-order valence-electron chi connectivity index (χ0n) is 12.3. The van der Waals surface area contributed by atoms with Gasteiger partial charge in [0.1, 0.15) is 5.78 Å². The van der Waals surface area contributed by atoms with E-state index in [0.29, 0.717) is 11.7 Å². The molecule has 2 heteroatoms. The van der Waals surface area contributed by atoms with Crippen LogP contribution in [-0.2, 0) is 9.53 Å². The maximum atomic E-state index is 12.0. The molecule has 1 spiro atoms. The first-order chi connectivity index (χ1) is 8.41. The highest BCUT2D eigenvalue weighted by Crippen LogP contribution is 2.43. The molecule has 0 N–H and O–H groups in total. The van der Waals surface area contributed by atoms with Crippen molar-refractivity contribution in [2.75, 3.05) is 6.61 Å². The zero-order chi connectivity index (χ0) is 13.2. The van der Waals surface area contributed by atoms with Gasteiger partial charge < -0.3 is 4.74 Å². The number of hydrogen-bond donors (Lipinski definition) is 0. The van der Waals surface area contributed by atoms with Crippen LogP contribution in [-0.4, -0.2) is 18.0 Å². The van der Waals surface area contributed by atoms with Crippen LogP contribution in [0.5, 0.6) is 0 Å². The Hall–Kier alpha value is -0.370. The van der Waals surface area contributed by atoms with Crippen LogP contribution in [0.4, 0.5) is 0 Å². The molecule has 104 valence electrons. The minimum atomic E-state index is -0.170. The van der Waals surface area contributed by atoms with Gasteiger partial charge in [-0.25, -0.2) is 0 Å². The average Bonchev–Trinajstić information content (AvgIpc) is 2.73. The number of carbonyl (C=O) groups excluding carboxylic acids is 1. The summed E-state index contributed by atoms with van der Waals surface area (Å²) in [6.07, 6.45) is 9.32. The standard InChI is InChI=1S/C16H28O2/c1-15(2,3)14(17)7-6-13-8-11-18-16(12-13)9-4-5-10-16/h13H,4-12H2,1-3H3. The van der Waals surface area contributed by atoms with Gasteiger partial charge in [-0.2, -0.15) is 0 Å². The van der Waals surface area contributed by atoms with Gasteiger partial charge in [0, 0.05) is 18.4 Å². The summed E-state index contributed by atoms with van der Waals surface area (Å²) in [6, 6.07) is 0. The van der Waals surface area contributed by atoms with E-state index in [1.807, 2.05) is 20.8 Å². The molecule has 1 unspecified atom stereocenters. The fraction of sp³-hybridized carbons (Fsp3) is 0.938. The minimum absolute atomic E-state index is 0.170. The van der Waals surface area contributed by atoms with Crippen LogP contribution >= 0.6 is 0 Å². The predicted molar refractivity (Wildman–Crippen MR) is 73.6 cm³/mol. The molecular weight excluding hydrogens is 224 g/mol. The molecule has 1 aliphatic heterocycles. The SMILES string of the molecule is CC(C)(C)C(=O)CCC1CCOC2(CCCC2)C1. The Morgan fingerprint density at radius 1 is 1.28 bits per heavy atom. The van der Waals surface area contributed by atoms with Gasteiger partial charge in [-0.3, -0.25) is 4.79 Å². The molecule has 2 aliphatic rings. The second kappa shape index (κ2) is 5.32. The Balaban J connectivity index is 1.81. The molecule has 0 aromatic rings. The molecule has 18 heavy (non-hydrogen) atoms. The highest BCUT2D eigenvalue weighted by molar-refractivity contribution is 5.83. The maximum absolute atomic E-state index is 12.0. The number of Topliss-reactive ketones (excluding diaryl/α,β-unsaturated/α-hetero) is 1. The molecule has 0 aromatic heterocycles. The number of rotatable bonds is 3. The Morgan fingerprint density at radius 3 is 2.56 bits per heavy atom. The smallest absolute Gasteiger partial charge is 0.138 e. The van der Waals surface area contributed by atoms with E-state index in [1.165, 1.54) is 32.1 Å². The summed E-state index contributed by atoms with van der Waals surface area (Å²) < 4.78 is 6.05. The zero-order valence-corrected chi connectivity index (χ0v) is 12.3. The molecule has 0 amide bonds. The van der Waals surface area contributed by atoms with Gasteiger partial charge in [-0.1, -0.05) is 33.6 Å². The van der Waals surface area contributed by atoms with Gasteiger partial charge >= 0.3 is 0 Å². The van der Waals surface area contributed by atoms with Crippen molar-refractivity contribution in [3.63, 3.8) is 0 Å². The molecule has 1 saturated carbocycles. The quantitative estimate of drug-likeness (QED) is 0.755. The molecule has 0 radical (unpaired) electrons. The Kier molecular flexibility index (Phi) is 4.15. The molecule has 2 fully saturated rings. The van der Waals surface area contributed by atoms with Crippen molar-refractivity contribution < 1.29 is 9.53 Å². The van der Waals surface area contributed by atoms with Crippen LogP contribution < -0.4 is 0 Å². The van der Waals surface area contributed by atoms with E-state index in [0.717, 1.165) is 25.9 Å². The normalized spacial score (nSPS) is 27.6. The van der Waals surface area contributed by atoms with E-state index in [1.54, 1.807) is 0 Å². The molecule has 1 aliphatic carbocycles. The maximum Gasteiger partial charge on any atom is 0.138 e. The number of ether oxygens (including phenoxy) is 1. The summed E-state index contributed by atoms with van der Waals surface area (Å²) in [6.45, 7) is 6.99. The lowest BCUT2D eigenvalue weighted by molar-refractivity contribution is -0.127. The van der Waals surface area contributed by atoms with E-state index in [9.17, 15) is 4.79 Å². The molecule has 2 rings (SSSR count). The van der Waals surface area contributed by atoms with Crippen LogP contribution in [0.3, 0.4) is 0 Å². The van der Waals surface area contributed by atoms with E-state index in [4.69, 9.17) is 4.74 Å². The second-order valence-electron chi connectivity index (χ2n) is 7.31. The lowest BCUT2D eigenvalue weighted by Crippen LogP contribution is -2.37. The van der Waals surface area contributed by atoms with Gasteiger partial charge in [0.15, 0.2) is 0 Å².